The molecule has 1 atom stereocenters. The van der Waals surface area contributed by atoms with Gasteiger partial charge in [0.05, 0.1) is 18.1 Å². The summed E-state index contributed by atoms with van der Waals surface area (Å²) in [5, 5.41) is 18.1. The van der Waals surface area contributed by atoms with E-state index >= 15 is 0 Å². The van der Waals surface area contributed by atoms with Crippen LogP contribution in [0.4, 0.5) is 0 Å². The molecule has 1 unspecified atom stereocenters. The molecule has 0 aliphatic rings. The van der Waals surface area contributed by atoms with E-state index in [2.05, 4.69) is 0 Å². The van der Waals surface area contributed by atoms with Crippen LogP contribution in [0.15, 0.2) is 18.2 Å². The van der Waals surface area contributed by atoms with E-state index in [4.69, 9.17) is 10.00 Å². The van der Waals surface area contributed by atoms with Gasteiger partial charge in [0.15, 0.2) is 0 Å². The van der Waals surface area contributed by atoms with Crippen molar-refractivity contribution in [2.45, 2.75) is 25.7 Å². The number of carbonyl (C=O) groups is 1. The lowest BCUT2D eigenvalue weighted by atomic mass is 9.80. The first-order valence-corrected chi connectivity index (χ1v) is 5.31. The molecule has 17 heavy (non-hydrogen) atoms. The Morgan fingerprint density at radius 3 is 2.65 bits per heavy atom. The summed E-state index contributed by atoms with van der Waals surface area (Å²) >= 11 is 0. The molecule has 4 heteroatoms. The number of hydrogen-bond acceptors (Lipinski definition) is 3. The van der Waals surface area contributed by atoms with Crippen LogP contribution in [0.25, 0.3) is 0 Å². The maximum Gasteiger partial charge on any atom is 0.313 e. The molecular formula is C13H15NO3. The standard InChI is InChI=1S/C13H15NO3/c1-4-13(2,12(15)16)10-6-5-9(8-14)11(7-10)17-3/h5-7H,4H2,1-3H3,(H,15,16). The van der Waals surface area contributed by atoms with Crippen molar-refractivity contribution in [2.75, 3.05) is 7.11 Å². The fraction of sp³-hybridized carbons (Fsp3) is 0.385. The first-order valence-electron chi connectivity index (χ1n) is 5.31. The monoisotopic (exact) mass is 233 g/mol. The van der Waals surface area contributed by atoms with Crippen LogP contribution in [0.3, 0.4) is 0 Å². The minimum absolute atomic E-state index is 0.403. The van der Waals surface area contributed by atoms with Gasteiger partial charge in [-0.3, -0.25) is 4.79 Å². The summed E-state index contributed by atoms with van der Waals surface area (Å²) in [5.41, 5.74) is 0.0878. The van der Waals surface area contributed by atoms with Crippen molar-refractivity contribution in [3.63, 3.8) is 0 Å². The maximum absolute atomic E-state index is 11.3. The number of benzene rings is 1. The van der Waals surface area contributed by atoms with E-state index in [9.17, 15) is 9.90 Å². The third-order valence-electron chi connectivity index (χ3n) is 3.14. The number of aliphatic carboxylic acids is 1. The fourth-order valence-corrected chi connectivity index (χ4v) is 1.61. The van der Waals surface area contributed by atoms with Crippen LogP contribution in [0.2, 0.25) is 0 Å². The molecule has 0 amide bonds. The number of carboxylic acid groups (broad SMARTS) is 1. The van der Waals surface area contributed by atoms with Gasteiger partial charge in [-0.1, -0.05) is 13.0 Å². The smallest absolute Gasteiger partial charge is 0.313 e. The first-order chi connectivity index (χ1) is 7.99. The number of methoxy groups -OCH3 is 1. The van der Waals surface area contributed by atoms with Crippen molar-refractivity contribution in [3.8, 4) is 11.8 Å². The highest BCUT2D eigenvalue weighted by atomic mass is 16.5. The minimum Gasteiger partial charge on any atom is -0.495 e. The number of ether oxygens (including phenoxy) is 1. The molecule has 0 aliphatic carbocycles. The van der Waals surface area contributed by atoms with E-state index in [1.165, 1.54) is 7.11 Å². The van der Waals surface area contributed by atoms with Crippen molar-refractivity contribution < 1.29 is 14.6 Å². The highest BCUT2D eigenvalue weighted by Crippen LogP contribution is 2.31. The molecule has 1 aromatic carbocycles. The Balaban J connectivity index is 3.34. The second-order valence-electron chi connectivity index (χ2n) is 4.02. The lowest BCUT2D eigenvalue weighted by Crippen LogP contribution is -2.31. The molecule has 0 bridgehead atoms. The zero-order valence-electron chi connectivity index (χ0n) is 10.2. The maximum atomic E-state index is 11.3. The highest BCUT2D eigenvalue weighted by Gasteiger charge is 2.33. The van der Waals surface area contributed by atoms with Gasteiger partial charge in [-0.05, 0) is 31.0 Å². The van der Waals surface area contributed by atoms with E-state index < -0.39 is 11.4 Å². The molecule has 0 aliphatic heterocycles. The predicted octanol–water partition coefficient (Wildman–Crippen LogP) is 2.32. The quantitative estimate of drug-likeness (QED) is 0.866. The van der Waals surface area contributed by atoms with Gasteiger partial charge in [-0.2, -0.15) is 5.26 Å². The summed E-state index contributed by atoms with van der Waals surface area (Å²) in [5.74, 6) is -0.474. The third kappa shape index (κ3) is 2.23. The third-order valence-corrected chi connectivity index (χ3v) is 3.14. The number of hydrogen-bond donors (Lipinski definition) is 1. The van der Waals surface area contributed by atoms with Gasteiger partial charge < -0.3 is 9.84 Å². The van der Waals surface area contributed by atoms with E-state index in [-0.39, 0.29) is 0 Å². The predicted molar refractivity (Wildman–Crippen MR) is 63.0 cm³/mol. The molecule has 0 aromatic heterocycles. The Labute approximate surface area is 100 Å². The normalized spacial score (nSPS) is 13.5. The molecule has 1 rings (SSSR count). The van der Waals surface area contributed by atoms with Gasteiger partial charge in [0, 0.05) is 0 Å². The van der Waals surface area contributed by atoms with Gasteiger partial charge in [-0.25, -0.2) is 0 Å². The average molecular weight is 233 g/mol. The topological polar surface area (TPSA) is 70.3 Å². The molecule has 4 nitrogen and oxygen atoms in total. The second kappa shape index (κ2) is 4.88. The lowest BCUT2D eigenvalue weighted by molar-refractivity contribution is -0.143. The molecule has 0 radical (unpaired) electrons. The van der Waals surface area contributed by atoms with E-state index in [1.807, 2.05) is 13.0 Å². The minimum atomic E-state index is -0.957. The zero-order chi connectivity index (χ0) is 13.1. The van der Waals surface area contributed by atoms with Crippen LogP contribution < -0.4 is 4.74 Å². The van der Waals surface area contributed by atoms with Crippen LogP contribution in [0, 0.1) is 11.3 Å². The highest BCUT2D eigenvalue weighted by molar-refractivity contribution is 5.81. The van der Waals surface area contributed by atoms with Crippen molar-refractivity contribution in [3.05, 3.63) is 29.3 Å². The van der Waals surface area contributed by atoms with Gasteiger partial charge >= 0.3 is 5.97 Å². The van der Waals surface area contributed by atoms with Gasteiger partial charge in [-0.15, -0.1) is 0 Å². The molecule has 0 fully saturated rings. The molecule has 0 heterocycles. The SMILES string of the molecule is CCC(C)(C(=O)O)c1ccc(C#N)c(OC)c1. The zero-order valence-corrected chi connectivity index (χ0v) is 10.2. The molecule has 0 saturated carbocycles. The number of nitrogens with zero attached hydrogens (tertiary/aromatic N) is 1. The van der Waals surface area contributed by atoms with Crippen LogP contribution in [-0.4, -0.2) is 18.2 Å². The molecule has 0 spiro atoms. The molecule has 0 saturated heterocycles. The van der Waals surface area contributed by atoms with Crippen LogP contribution in [-0.2, 0) is 10.2 Å². The fourth-order valence-electron chi connectivity index (χ4n) is 1.61. The lowest BCUT2D eigenvalue weighted by Gasteiger charge is -2.24. The van der Waals surface area contributed by atoms with Crippen molar-refractivity contribution in [1.29, 1.82) is 5.26 Å². The number of nitriles is 1. The summed E-state index contributed by atoms with van der Waals surface area (Å²) in [6.07, 6.45) is 0.470. The van der Waals surface area contributed by atoms with Gasteiger partial charge in [0.1, 0.15) is 11.8 Å². The van der Waals surface area contributed by atoms with E-state index in [0.29, 0.717) is 23.3 Å². The van der Waals surface area contributed by atoms with Crippen molar-refractivity contribution >= 4 is 5.97 Å². The Bertz CT molecular complexity index is 476. The van der Waals surface area contributed by atoms with Crippen molar-refractivity contribution in [1.82, 2.24) is 0 Å². The van der Waals surface area contributed by atoms with Crippen molar-refractivity contribution in [2.24, 2.45) is 0 Å². The second-order valence-corrected chi connectivity index (χ2v) is 4.02. The molecular weight excluding hydrogens is 218 g/mol. The number of carboxylic acids is 1. The van der Waals surface area contributed by atoms with Crippen LogP contribution >= 0.6 is 0 Å². The number of rotatable bonds is 4. The summed E-state index contributed by atoms with van der Waals surface area (Å²) in [4.78, 5) is 11.3. The summed E-state index contributed by atoms with van der Waals surface area (Å²) in [6.45, 7) is 3.48. The van der Waals surface area contributed by atoms with E-state index in [1.54, 1.807) is 25.1 Å². The van der Waals surface area contributed by atoms with Crippen LogP contribution in [0.1, 0.15) is 31.4 Å². The first kappa shape index (κ1) is 13.0. The summed E-state index contributed by atoms with van der Waals surface area (Å²) in [7, 11) is 1.46. The Hall–Kier alpha value is -2.02. The summed E-state index contributed by atoms with van der Waals surface area (Å²) < 4.78 is 5.08. The summed E-state index contributed by atoms with van der Waals surface area (Å²) in [6, 6.07) is 6.87. The molecule has 90 valence electrons. The van der Waals surface area contributed by atoms with Crippen LogP contribution in [0.5, 0.6) is 5.75 Å². The Morgan fingerprint density at radius 2 is 2.24 bits per heavy atom. The van der Waals surface area contributed by atoms with Gasteiger partial charge in [0.25, 0.3) is 0 Å². The largest absolute Gasteiger partial charge is 0.495 e. The van der Waals surface area contributed by atoms with E-state index in [0.717, 1.165) is 0 Å². The molecule has 1 aromatic rings. The Kier molecular flexibility index (Phi) is 3.74. The Morgan fingerprint density at radius 1 is 1.59 bits per heavy atom. The average Bonchev–Trinajstić information content (AvgIpc) is 2.36. The molecule has 1 N–H and O–H groups in total. The van der Waals surface area contributed by atoms with Gasteiger partial charge in [0.2, 0.25) is 0 Å².